The first-order valence-electron chi connectivity index (χ1n) is 4.48. The zero-order chi connectivity index (χ0) is 11.7. The first-order valence-corrected chi connectivity index (χ1v) is 4.48. The summed E-state index contributed by atoms with van der Waals surface area (Å²) in [5.41, 5.74) is 6.59. The van der Waals surface area contributed by atoms with Crippen LogP contribution in [0.5, 0.6) is 0 Å². The van der Waals surface area contributed by atoms with Crippen molar-refractivity contribution in [1.82, 2.24) is 10.6 Å². The summed E-state index contributed by atoms with van der Waals surface area (Å²) in [6, 6.07) is -0.553. The SMILES string of the molecule is CC(C)(C)C1(CN=[N+]=[N-])NC(=O)NC1=O. The molecular formula is C8H13N5O2. The maximum absolute atomic E-state index is 11.7. The van der Waals surface area contributed by atoms with Crippen LogP contribution in [0.15, 0.2) is 5.11 Å². The van der Waals surface area contributed by atoms with E-state index in [4.69, 9.17) is 5.53 Å². The molecule has 0 radical (unpaired) electrons. The number of hydrogen-bond acceptors (Lipinski definition) is 3. The normalized spacial score (nSPS) is 25.5. The van der Waals surface area contributed by atoms with Crippen LogP contribution in [0.1, 0.15) is 20.8 Å². The maximum Gasteiger partial charge on any atom is 0.322 e. The van der Waals surface area contributed by atoms with E-state index in [0.717, 1.165) is 0 Å². The Morgan fingerprint density at radius 1 is 1.47 bits per heavy atom. The third-order valence-electron chi connectivity index (χ3n) is 2.59. The Kier molecular flexibility index (Phi) is 2.59. The average molecular weight is 211 g/mol. The fraction of sp³-hybridized carbons (Fsp3) is 0.750. The highest BCUT2D eigenvalue weighted by Crippen LogP contribution is 2.33. The van der Waals surface area contributed by atoms with Crippen molar-refractivity contribution >= 4 is 11.9 Å². The summed E-state index contributed by atoms with van der Waals surface area (Å²) in [5, 5.41) is 8.06. The number of carbonyl (C=O) groups excluding carboxylic acids is 2. The van der Waals surface area contributed by atoms with E-state index in [1.54, 1.807) is 20.8 Å². The van der Waals surface area contributed by atoms with Gasteiger partial charge in [-0.25, -0.2) is 4.79 Å². The van der Waals surface area contributed by atoms with E-state index >= 15 is 0 Å². The third kappa shape index (κ3) is 1.73. The van der Waals surface area contributed by atoms with Gasteiger partial charge < -0.3 is 5.32 Å². The van der Waals surface area contributed by atoms with Crippen LogP contribution in [-0.2, 0) is 4.79 Å². The summed E-state index contributed by atoms with van der Waals surface area (Å²) in [4.78, 5) is 25.4. The van der Waals surface area contributed by atoms with Gasteiger partial charge in [0.05, 0.1) is 6.54 Å². The zero-order valence-corrected chi connectivity index (χ0v) is 8.87. The Hall–Kier alpha value is -1.75. The maximum atomic E-state index is 11.7. The fourth-order valence-corrected chi connectivity index (χ4v) is 1.51. The summed E-state index contributed by atoms with van der Waals surface area (Å²) >= 11 is 0. The molecule has 0 saturated carbocycles. The van der Waals surface area contributed by atoms with Gasteiger partial charge in [-0.05, 0) is 10.9 Å². The number of rotatable bonds is 2. The smallest absolute Gasteiger partial charge is 0.322 e. The number of urea groups is 1. The number of azide groups is 1. The van der Waals surface area contributed by atoms with E-state index in [0.29, 0.717) is 0 Å². The third-order valence-corrected chi connectivity index (χ3v) is 2.59. The lowest BCUT2D eigenvalue weighted by Crippen LogP contribution is -2.59. The molecule has 1 rings (SSSR count). The molecule has 82 valence electrons. The molecule has 15 heavy (non-hydrogen) atoms. The van der Waals surface area contributed by atoms with Gasteiger partial charge in [0.15, 0.2) is 0 Å². The number of carbonyl (C=O) groups is 2. The number of imide groups is 1. The molecule has 7 heteroatoms. The van der Waals surface area contributed by atoms with Crippen molar-refractivity contribution in [3.8, 4) is 0 Å². The number of amides is 3. The topological polar surface area (TPSA) is 107 Å². The lowest BCUT2D eigenvalue weighted by molar-refractivity contribution is -0.127. The molecule has 0 bridgehead atoms. The van der Waals surface area contributed by atoms with Crippen LogP contribution in [0.4, 0.5) is 4.79 Å². The van der Waals surface area contributed by atoms with E-state index in [9.17, 15) is 9.59 Å². The Balaban J connectivity index is 3.12. The minimum absolute atomic E-state index is 0.0927. The lowest BCUT2D eigenvalue weighted by Gasteiger charge is -2.37. The lowest BCUT2D eigenvalue weighted by atomic mass is 9.73. The van der Waals surface area contributed by atoms with Gasteiger partial charge in [0.2, 0.25) is 0 Å². The van der Waals surface area contributed by atoms with Gasteiger partial charge in [-0.2, -0.15) is 0 Å². The number of nitrogens with one attached hydrogen (secondary N) is 2. The van der Waals surface area contributed by atoms with Gasteiger partial charge in [0.1, 0.15) is 5.54 Å². The molecular weight excluding hydrogens is 198 g/mol. The Morgan fingerprint density at radius 2 is 2.07 bits per heavy atom. The van der Waals surface area contributed by atoms with E-state index in [-0.39, 0.29) is 6.54 Å². The highest BCUT2D eigenvalue weighted by molar-refractivity contribution is 6.07. The molecule has 7 nitrogen and oxygen atoms in total. The van der Waals surface area contributed by atoms with Gasteiger partial charge in [0.25, 0.3) is 5.91 Å². The van der Waals surface area contributed by atoms with Gasteiger partial charge in [-0.3, -0.25) is 10.1 Å². The molecule has 0 spiro atoms. The molecule has 0 aromatic heterocycles. The van der Waals surface area contributed by atoms with Crippen LogP contribution in [-0.4, -0.2) is 24.0 Å². The highest BCUT2D eigenvalue weighted by Gasteiger charge is 2.53. The predicted molar refractivity (Wildman–Crippen MR) is 52.9 cm³/mol. The van der Waals surface area contributed by atoms with Gasteiger partial charge in [-0.1, -0.05) is 25.9 Å². The number of hydrogen-bond donors (Lipinski definition) is 2. The van der Waals surface area contributed by atoms with Crippen molar-refractivity contribution in [2.75, 3.05) is 6.54 Å². The van der Waals surface area contributed by atoms with E-state index < -0.39 is 22.9 Å². The Morgan fingerprint density at radius 3 is 2.40 bits per heavy atom. The molecule has 0 aromatic carbocycles. The molecule has 1 atom stereocenters. The van der Waals surface area contributed by atoms with E-state index in [2.05, 4.69) is 20.7 Å². The van der Waals surface area contributed by atoms with E-state index in [1.807, 2.05) is 0 Å². The van der Waals surface area contributed by atoms with Crippen LogP contribution in [0.3, 0.4) is 0 Å². The first-order chi connectivity index (χ1) is 6.83. The molecule has 1 aliphatic rings. The molecule has 1 fully saturated rings. The van der Waals surface area contributed by atoms with Gasteiger partial charge >= 0.3 is 6.03 Å². The molecule has 1 aliphatic heterocycles. The largest absolute Gasteiger partial charge is 0.323 e. The second-order valence-electron chi connectivity index (χ2n) is 4.45. The van der Waals surface area contributed by atoms with Crippen molar-refractivity contribution in [3.63, 3.8) is 0 Å². The van der Waals surface area contributed by atoms with Gasteiger partial charge in [0, 0.05) is 4.91 Å². The predicted octanol–water partition coefficient (Wildman–Crippen LogP) is 0.921. The quantitative estimate of drug-likeness (QED) is 0.306. The molecule has 1 unspecified atom stereocenters. The van der Waals surface area contributed by atoms with Crippen LogP contribution in [0, 0.1) is 5.41 Å². The monoisotopic (exact) mass is 211 g/mol. The van der Waals surface area contributed by atoms with Crippen molar-refractivity contribution in [1.29, 1.82) is 0 Å². The summed E-state index contributed by atoms with van der Waals surface area (Å²) in [5.74, 6) is -0.451. The van der Waals surface area contributed by atoms with E-state index in [1.165, 1.54) is 0 Å². The fourth-order valence-electron chi connectivity index (χ4n) is 1.51. The standard InChI is InChI=1S/C8H13N5O2/c1-7(2,3)8(4-10-13-9)5(14)11-6(15)12-8/h4H2,1-3H3,(H2,11,12,14,15). The average Bonchev–Trinajstić information content (AvgIpc) is 2.37. The number of nitrogens with zero attached hydrogens (tertiary/aromatic N) is 3. The van der Waals surface area contributed by atoms with Crippen LogP contribution < -0.4 is 10.6 Å². The van der Waals surface area contributed by atoms with Crippen LogP contribution in [0.25, 0.3) is 10.4 Å². The molecule has 2 N–H and O–H groups in total. The summed E-state index contributed by atoms with van der Waals surface area (Å²) in [6.07, 6.45) is 0. The minimum Gasteiger partial charge on any atom is -0.323 e. The van der Waals surface area contributed by atoms with Crippen LogP contribution >= 0.6 is 0 Å². The summed E-state index contributed by atoms with van der Waals surface area (Å²) < 4.78 is 0. The van der Waals surface area contributed by atoms with Crippen LogP contribution in [0.2, 0.25) is 0 Å². The minimum atomic E-state index is -1.16. The zero-order valence-electron chi connectivity index (χ0n) is 8.87. The van der Waals surface area contributed by atoms with Crippen molar-refractivity contribution in [2.45, 2.75) is 26.3 Å². The second kappa shape index (κ2) is 3.43. The molecule has 1 heterocycles. The Bertz CT molecular complexity index is 353. The van der Waals surface area contributed by atoms with Crippen molar-refractivity contribution < 1.29 is 9.59 Å². The van der Waals surface area contributed by atoms with Crippen molar-refractivity contribution in [2.24, 2.45) is 10.5 Å². The Labute approximate surface area is 86.8 Å². The molecule has 0 aromatic rings. The molecule has 1 saturated heterocycles. The summed E-state index contributed by atoms with van der Waals surface area (Å²) in [6.45, 7) is 5.30. The van der Waals surface area contributed by atoms with Crippen molar-refractivity contribution in [3.05, 3.63) is 10.4 Å². The summed E-state index contributed by atoms with van der Waals surface area (Å²) in [7, 11) is 0. The second-order valence-corrected chi connectivity index (χ2v) is 4.45. The van der Waals surface area contributed by atoms with Gasteiger partial charge in [-0.15, -0.1) is 0 Å². The molecule has 0 aliphatic carbocycles. The highest BCUT2D eigenvalue weighted by atomic mass is 16.2. The first kappa shape index (κ1) is 11.3. The molecule has 3 amide bonds.